The van der Waals surface area contributed by atoms with Crippen molar-refractivity contribution < 1.29 is 15.4 Å². The Morgan fingerprint density at radius 1 is 1.09 bits per heavy atom. The van der Waals surface area contributed by atoms with Crippen molar-refractivity contribution in [3.05, 3.63) is 99.1 Å². The van der Waals surface area contributed by atoms with Crippen molar-refractivity contribution in [2.45, 2.75) is 32.2 Å². The largest absolute Gasteiger partial charge is 0.478 e. The second kappa shape index (κ2) is 8.85. The summed E-state index contributed by atoms with van der Waals surface area (Å²) in [7, 11) is 0. The van der Waals surface area contributed by atoms with E-state index in [9.17, 15) is 9.90 Å². The van der Waals surface area contributed by atoms with Gasteiger partial charge in [-0.15, -0.1) is 0 Å². The molecule has 0 spiro atoms. The van der Waals surface area contributed by atoms with Gasteiger partial charge in [0.25, 0.3) is 0 Å². The highest BCUT2D eigenvalue weighted by Gasteiger charge is 2.25. The molecule has 162 valence electrons. The molecule has 1 aliphatic carbocycles. The highest BCUT2D eigenvalue weighted by atomic mass is 35.5. The number of aromatic nitrogens is 2. The molecule has 0 amide bonds. The minimum absolute atomic E-state index is 0.0219. The van der Waals surface area contributed by atoms with Gasteiger partial charge in [0, 0.05) is 54.2 Å². The van der Waals surface area contributed by atoms with Crippen LogP contribution in [0.5, 0.6) is 0 Å². The molecular formula is C26H24ClN3O2. The van der Waals surface area contributed by atoms with Crippen LogP contribution >= 0.6 is 11.6 Å². The van der Waals surface area contributed by atoms with Crippen molar-refractivity contribution in [1.82, 2.24) is 14.9 Å². The molecule has 3 aromatic rings. The summed E-state index contributed by atoms with van der Waals surface area (Å²) in [5.74, 6) is -1.14. The van der Waals surface area contributed by atoms with Crippen LogP contribution in [0, 0.1) is 0 Å². The maximum Gasteiger partial charge on any atom is 0.337 e. The summed E-state index contributed by atoms with van der Waals surface area (Å²) in [6.45, 7) is -4.20. The molecular weight excluding hydrogens is 422 g/mol. The van der Waals surface area contributed by atoms with E-state index in [-0.39, 0.29) is 24.9 Å². The molecule has 1 N–H and O–H groups in total. The van der Waals surface area contributed by atoms with Gasteiger partial charge in [-0.2, -0.15) is 0 Å². The van der Waals surface area contributed by atoms with Gasteiger partial charge in [-0.3, -0.25) is 14.9 Å². The summed E-state index contributed by atoms with van der Waals surface area (Å²) in [6, 6.07) is 10.9. The topological polar surface area (TPSA) is 66.3 Å². The van der Waals surface area contributed by atoms with E-state index in [1.165, 1.54) is 18.5 Å². The molecule has 2 aliphatic rings. The number of benzene rings is 1. The Hall–Kier alpha value is -3.02. The molecule has 0 bridgehead atoms. The lowest BCUT2D eigenvalue weighted by atomic mass is 9.88. The standard InChI is InChI=1S/C26H24ClN3O2/c27-22-5-6-23-20(13-22)4-3-19-2-1-9-29-25(19)24(23)18-7-10-30(11-8-18)16-17-12-21(26(31)32)15-28-14-17/h1-2,5-6,9,12-15H,3-4,7-8,10-11,16H2,(H,31,32)/i10D2,11D2. The van der Waals surface area contributed by atoms with Crippen molar-refractivity contribution in [3.8, 4) is 0 Å². The van der Waals surface area contributed by atoms with Crippen LogP contribution in [0.1, 0.15) is 56.6 Å². The third-order valence-electron chi connectivity index (χ3n) is 5.83. The molecule has 1 aromatic carbocycles. The zero-order valence-electron chi connectivity index (χ0n) is 21.3. The average molecular weight is 450 g/mol. The van der Waals surface area contributed by atoms with Crippen LogP contribution in [0.25, 0.3) is 5.57 Å². The fraction of sp³-hybridized carbons (Fsp3) is 0.269. The Morgan fingerprint density at radius 2 is 1.91 bits per heavy atom. The first kappa shape index (κ1) is 16.6. The molecule has 0 atom stereocenters. The Kier molecular flexibility index (Phi) is 4.59. The molecule has 2 aromatic heterocycles. The van der Waals surface area contributed by atoms with Gasteiger partial charge in [0.1, 0.15) is 0 Å². The first-order valence-corrected chi connectivity index (χ1v) is 10.8. The molecule has 5 nitrogen and oxygen atoms in total. The van der Waals surface area contributed by atoms with Crippen molar-refractivity contribution in [3.63, 3.8) is 0 Å². The molecule has 0 radical (unpaired) electrons. The number of aromatic carboxylic acids is 1. The molecule has 1 saturated heterocycles. The van der Waals surface area contributed by atoms with Crippen molar-refractivity contribution >= 4 is 23.1 Å². The van der Waals surface area contributed by atoms with Crippen LogP contribution in [0.2, 0.25) is 5.02 Å². The Bertz CT molecular complexity index is 1370. The van der Waals surface area contributed by atoms with Gasteiger partial charge in [0.2, 0.25) is 0 Å². The van der Waals surface area contributed by atoms with Gasteiger partial charge < -0.3 is 5.11 Å². The van der Waals surface area contributed by atoms with Crippen LogP contribution in [0.3, 0.4) is 0 Å². The Balaban J connectivity index is 1.60. The van der Waals surface area contributed by atoms with E-state index < -0.39 is 19.0 Å². The zero-order valence-corrected chi connectivity index (χ0v) is 18.1. The van der Waals surface area contributed by atoms with E-state index in [1.807, 2.05) is 24.3 Å². The van der Waals surface area contributed by atoms with Crippen molar-refractivity contribution in [2.24, 2.45) is 0 Å². The number of carboxylic acids is 1. The predicted octanol–water partition coefficient (Wildman–Crippen LogP) is 5.02. The summed E-state index contributed by atoms with van der Waals surface area (Å²) in [5.41, 5.74) is 5.57. The van der Waals surface area contributed by atoms with Gasteiger partial charge in [-0.25, -0.2) is 4.79 Å². The number of nitrogens with zero attached hydrogens (tertiary/aromatic N) is 3. The molecule has 1 aliphatic heterocycles. The van der Waals surface area contributed by atoms with E-state index in [0.717, 1.165) is 45.7 Å². The maximum atomic E-state index is 11.3. The van der Waals surface area contributed by atoms with Gasteiger partial charge in [-0.05, 0) is 72.2 Å². The fourth-order valence-corrected chi connectivity index (χ4v) is 4.49. The number of piperidine rings is 1. The molecule has 5 rings (SSSR count). The minimum atomic E-state index is -2.04. The van der Waals surface area contributed by atoms with Gasteiger partial charge in [-0.1, -0.05) is 29.3 Å². The molecule has 0 unspecified atom stereocenters. The van der Waals surface area contributed by atoms with Crippen LogP contribution in [-0.2, 0) is 19.4 Å². The zero-order chi connectivity index (χ0) is 25.7. The number of pyridine rings is 2. The lowest BCUT2D eigenvalue weighted by Gasteiger charge is -2.30. The van der Waals surface area contributed by atoms with E-state index >= 15 is 0 Å². The predicted molar refractivity (Wildman–Crippen MR) is 125 cm³/mol. The van der Waals surface area contributed by atoms with Crippen molar-refractivity contribution in [2.75, 3.05) is 13.0 Å². The first-order chi connectivity index (χ1) is 17.0. The van der Waals surface area contributed by atoms with Crippen LogP contribution in [-0.4, -0.2) is 38.9 Å². The summed E-state index contributed by atoms with van der Waals surface area (Å²) in [5, 5.41) is 9.90. The number of rotatable bonds is 3. The normalized spacial score (nSPS) is 21.3. The molecule has 0 saturated carbocycles. The lowest BCUT2D eigenvalue weighted by Crippen LogP contribution is -2.30. The Labute approximate surface area is 198 Å². The molecule has 32 heavy (non-hydrogen) atoms. The monoisotopic (exact) mass is 449 g/mol. The van der Waals surface area contributed by atoms with Crippen LogP contribution < -0.4 is 0 Å². The summed E-state index contributed by atoms with van der Waals surface area (Å²) >= 11 is 6.29. The maximum absolute atomic E-state index is 11.3. The fourth-order valence-electron chi connectivity index (χ4n) is 4.30. The van der Waals surface area contributed by atoms with E-state index in [1.54, 1.807) is 12.3 Å². The number of hydrogen-bond acceptors (Lipinski definition) is 4. The van der Waals surface area contributed by atoms with E-state index in [4.69, 9.17) is 17.1 Å². The number of hydrogen-bond donors (Lipinski definition) is 1. The second-order valence-corrected chi connectivity index (χ2v) is 8.37. The van der Waals surface area contributed by atoms with Crippen LogP contribution in [0.15, 0.2) is 60.6 Å². The smallest absolute Gasteiger partial charge is 0.337 e. The third-order valence-corrected chi connectivity index (χ3v) is 6.07. The first-order valence-electron chi connectivity index (χ1n) is 12.5. The number of halogens is 1. The summed E-state index contributed by atoms with van der Waals surface area (Å²) in [4.78, 5) is 21.1. The summed E-state index contributed by atoms with van der Waals surface area (Å²) in [6.07, 6.45) is 5.83. The highest BCUT2D eigenvalue weighted by molar-refractivity contribution is 6.30. The van der Waals surface area contributed by atoms with Crippen molar-refractivity contribution in [1.29, 1.82) is 0 Å². The van der Waals surface area contributed by atoms with Gasteiger partial charge >= 0.3 is 5.97 Å². The highest BCUT2D eigenvalue weighted by Crippen LogP contribution is 2.38. The molecule has 3 heterocycles. The SMILES string of the molecule is [2H]C1([2H])CC(=C2c3ccc(Cl)cc3CCc3cccnc32)CC([2H])([2H])N1Cc1cncc(C(=O)O)c1. The number of fused-ring (bicyclic) bond motifs is 2. The number of carboxylic acid groups (broad SMARTS) is 1. The third kappa shape index (κ3) is 4.18. The quantitative estimate of drug-likeness (QED) is 0.607. The number of likely N-dealkylation sites (tertiary alicyclic amines) is 1. The van der Waals surface area contributed by atoms with E-state index in [0.29, 0.717) is 16.2 Å². The second-order valence-electron chi connectivity index (χ2n) is 7.93. The van der Waals surface area contributed by atoms with Gasteiger partial charge in [0.15, 0.2) is 0 Å². The van der Waals surface area contributed by atoms with E-state index in [2.05, 4.69) is 9.97 Å². The molecule has 6 heteroatoms. The molecule has 1 fully saturated rings. The number of carbonyl (C=O) groups is 1. The Morgan fingerprint density at radius 3 is 2.72 bits per heavy atom. The minimum Gasteiger partial charge on any atom is -0.478 e. The van der Waals surface area contributed by atoms with Gasteiger partial charge in [0.05, 0.1) is 11.3 Å². The average Bonchev–Trinajstić information content (AvgIpc) is 2.98. The van der Waals surface area contributed by atoms with Crippen LogP contribution in [0.4, 0.5) is 0 Å². The summed E-state index contributed by atoms with van der Waals surface area (Å²) < 4.78 is 35.5. The number of aryl methyl sites for hydroxylation is 2. The lowest BCUT2D eigenvalue weighted by molar-refractivity contribution is 0.0696.